The van der Waals surface area contributed by atoms with E-state index in [0.29, 0.717) is 6.32 Å². The number of carbonyl (C=O) groups excluding carboxylic acids is 1. The molecule has 4 heteroatoms. The first-order valence-corrected chi connectivity index (χ1v) is 4.93. The standard InChI is InChI=1S/C10H20BNO2/c1-6-9(2,3)12-8(13)14-10(4,5)7-11/h6-7H2,1-5H3,(H,12,13). The Kier molecular flexibility index (Phi) is 4.49. The molecule has 3 nitrogen and oxygen atoms in total. The number of hydrogen-bond acceptors (Lipinski definition) is 2. The average molecular weight is 197 g/mol. The monoisotopic (exact) mass is 197 g/mol. The van der Waals surface area contributed by atoms with Crippen LogP contribution in [0.3, 0.4) is 0 Å². The number of rotatable bonds is 4. The zero-order valence-electron chi connectivity index (χ0n) is 9.81. The summed E-state index contributed by atoms with van der Waals surface area (Å²) < 4.78 is 5.15. The van der Waals surface area contributed by atoms with Gasteiger partial charge in [-0.1, -0.05) is 6.92 Å². The highest BCUT2D eigenvalue weighted by molar-refractivity contribution is 6.09. The van der Waals surface area contributed by atoms with Gasteiger partial charge in [0.05, 0.1) is 7.85 Å². The zero-order chi connectivity index (χ0) is 11.4. The number of hydrogen-bond donors (Lipinski definition) is 1. The lowest BCUT2D eigenvalue weighted by atomic mass is 9.90. The van der Waals surface area contributed by atoms with Crippen LogP contribution in [0.1, 0.15) is 41.0 Å². The topological polar surface area (TPSA) is 38.3 Å². The molecule has 14 heavy (non-hydrogen) atoms. The average Bonchev–Trinajstić information content (AvgIpc) is 2.02. The largest absolute Gasteiger partial charge is 0.444 e. The van der Waals surface area contributed by atoms with Crippen LogP contribution in [0.4, 0.5) is 4.79 Å². The fourth-order valence-electron chi connectivity index (χ4n) is 0.683. The summed E-state index contributed by atoms with van der Waals surface area (Å²) in [5.74, 6) is 0. The van der Waals surface area contributed by atoms with E-state index in [1.54, 1.807) is 13.8 Å². The normalized spacial score (nSPS) is 12.4. The van der Waals surface area contributed by atoms with Crippen LogP contribution in [-0.2, 0) is 4.74 Å². The second-order valence-corrected chi connectivity index (χ2v) is 4.72. The number of alkyl carbamates (subject to hydrolysis) is 1. The third-order valence-electron chi connectivity index (χ3n) is 2.18. The molecule has 0 saturated carbocycles. The molecule has 0 saturated heterocycles. The maximum atomic E-state index is 11.4. The minimum atomic E-state index is -0.603. The van der Waals surface area contributed by atoms with Gasteiger partial charge in [-0.2, -0.15) is 0 Å². The van der Waals surface area contributed by atoms with Gasteiger partial charge in [-0.15, -0.1) is 0 Å². The highest BCUT2D eigenvalue weighted by atomic mass is 16.6. The molecule has 0 aromatic carbocycles. The molecule has 1 amide bonds. The maximum Gasteiger partial charge on any atom is 0.408 e. The fourth-order valence-corrected chi connectivity index (χ4v) is 0.683. The molecule has 2 radical (unpaired) electrons. The molecule has 0 atom stereocenters. The molecule has 0 unspecified atom stereocenters. The van der Waals surface area contributed by atoms with Gasteiger partial charge < -0.3 is 10.1 Å². The van der Waals surface area contributed by atoms with E-state index >= 15 is 0 Å². The predicted molar refractivity (Wildman–Crippen MR) is 58.6 cm³/mol. The van der Waals surface area contributed by atoms with Crippen molar-refractivity contribution in [1.29, 1.82) is 0 Å². The highest BCUT2D eigenvalue weighted by Gasteiger charge is 2.24. The fraction of sp³-hybridized carbons (Fsp3) is 0.900. The van der Waals surface area contributed by atoms with E-state index in [1.165, 1.54) is 0 Å². The van der Waals surface area contributed by atoms with Crippen LogP contribution in [0.25, 0.3) is 0 Å². The molecule has 0 bridgehead atoms. The predicted octanol–water partition coefficient (Wildman–Crippen LogP) is 2.27. The van der Waals surface area contributed by atoms with Crippen LogP contribution < -0.4 is 5.32 Å². The molecule has 0 aromatic heterocycles. The van der Waals surface area contributed by atoms with Gasteiger partial charge in [0.2, 0.25) is 0 Å². The van der Waals surface area contributed by atoms with E-state index in [1.807, 2.05) is 20.8 Å². The van der Waals surface area contributed by atoms with Crippen molar-refractivity contribution in [2.45, 2.75) is 58.5 Å². The van der Waals surface area contributed by atoms with E-state index in [0.717, 1.165) is 6.42 Å². The van der Waals surface area contributed by atoms with E-state index in [2.05, 4.69) is 5.32 Å². The molecule has 0 heterocycles. The molecule has 1 N–H and O–H groups in total. The van der Waals surface area contributed by atoms with Crippen molar-refractivity contribution in [3.8, 4) is 0 Å². The van der Waals surface area contributed by atoms with Crippen LogP contribution >= 0.6 is 0 Å². The van der Waals surface area contributed by atoms with Crippen LogP contribution in [0.2, 0.25) is 6.32 Å². The summed E-state index contributed by atoms with van der Waals surface area (Å²) in [5.41, 5.74) is -0.838. The van der Waals surface area contributed by atoms with Crippen LogP contribution in [0, 0.1) is 0 Å². The van der Waals surface area contributed by atoms with Gasteiger partial charge in [0.15, 0.2) is 0 Å². The number of carbonyl (C=O) groups is 1. The Morgan fingerprint density at radius 2 is 1.86 bits per heavy atom. The molecular weight excluding hydrogens is 177 g/mol. The van der Waals surface area contributed by atoms with Crippen molar-refractivity contribution < 1.29 is 9.53 Å². The van der Waals surface area contributed by atoms with Gasteiger partial charge in [-0.05, 0) is 40.4 Å². The third-order valence-corrected chi connectivity index (χ3v) is 2.18. The van der Waals surface area contributed by atoms with Crippen molar-refractivity contribution in [2.24, 2.45) is 0 Å². The van der Waals surface area contributed by atoms with Crippen molar-refractivity contribution in [1.82, 2.24) is 5.32 Å². The first kappa shape index (κ1) is 13.3. The van der Waals surface area contributed by atoms with E-state index < -0.39 is 11.7 Å². The summed E-state index contributed by atoms with van der Waals surface area (Å²) in [4.78, 5) is 11.4. The molecule has 80 valence electrons. The van der Waals surface area contributed by atoms with E-state index in [4.69, 9.17) is 12.6 Å². The first-order valence-electron chi connectivity index (χ1n) is 4.93. The van der Waals surface area contributed by atoms with Crippen molar-refractivity contribution in [3.63, 3.8) is 0 Å². The quantitative estimate of drug-likeness (QED) is 0.702. The van der Waals surface area contributed by atoms with Crippen LogP contribution in [-0.4, -0.2) is 25.1 Å². The Morgan fingerprint density at radius 1 is 1.36 bits per heavy atom. The summed E-state index contributed by atoms with van der Waals surface area (Å²) in [5, 5.41) is 2.78. The maximum absolute atomic E-state index is 11.4. The van der Waals surface area contributed by atoms with Gasteiger partial charge in [-0.3, -0.25) is 0 Å². The Bertz CT molecular complexity index is 182. The lowest BCUT2D eigenvalue weighted by Crippen LogP contribution is -2.45. The zero-order valence-corrected chi connectivity index (χ0v) is 9.81. The second kappa shape index (κ2) is 4.71. The summed E-state index contributed by atoms with van der Waals surface area (Å²) >= 11 is 0. The molecule has 0 aliphatic carbocycles. The van der Waals surface area contributed by atoms with Crippen LogP contribution in [0.5, 0.6) is 0 Å². The molecule has 0 rings (SSSR count). The van der Waals surface area contributed by atoms with Gasteiger partial charge in [0.25, 0.3) is 0 Å². The number of nitrogens with one attached hydrogen (secondary N) is 1. The summed E-state index contributed by atoms with van der Waals surface area (Å²) in [6.45, 7) is 9.47. The minimum absolute atomic E-state index is 0.234. The molecule has 0 aliphatic rings. The molecule has 0 spiro atoms. The lowest BCUT2D eigenvalue weighted by molar-refractivity contribution is 0.0474. The number of ether oxygens (including phenoxy) is 1. The lowest BCUT2D eigenvalue weighted by Gasteiger charge is -2.29. The summed E-state index contributed by atoms with van der Waals surface area (Å²) in [6, 6.07) is 0. The summed E-state index contributed by atoms with van der Waals surface area (Å²) in [6.07, 6.45) is 0.755. The number of amides is 1. The van der Waals surface area contributed by atoms with Crippen molar-refractivity contribution >= 4 is 13.9 Å². The Labute approximate surface area is 88.0 Å². The first-order chi connectivity index (χ1) is 6.22. The Hall–Kier alpha value is -0.665. The van der Waals surface area contributed by atoms with E-state index in [-0.39, 0.29) is 5.54 Å². The van der Waals surface area contributed by atoms with E-state index in [9.17, 15) is 4.79 Å². The van der Waals surface area contributed by atoms with Gasteiger partial charge in [0.1, 0.15) is 5.60 Å². The Balaban J connectivity index is 4.12. The molecular formula is C10H20BNO2. The highest BCUT2D eigenvalue weighted by Crippen LogP contribution is 2.14. The van der Waals surface area contributed by atoms with Crippen molar-refractivity contribution in [2.75, 3.05) is 0 Å². The van der Waals surface area contributed by atoms with Gasteiger partial charge in [-0.25, -0.2) is 4.79 Å². The second-order valence-electron chi connectivity index (χ2n) is 4.72. The molecule has 0 fully saturated rings. The van der Waals surface area contributed by atoms with Gasteiger partial charge in [0, 0.05) is 5.54 Å². The molecule has 0 aliphatic heterocycles. The molecule has 0 aromatic rings. The van der Waals surface area contributed by atoms with Gasteiger partial charge >= 0.3 is 6.09 Å². The summed E-state index contributed by atoms with van der Waals surface area (Å²) in [7, 11) is 5.45. The third kappa shape index (κ3) is 5.15. The van der Waals surface area contributed by atoms with Crippen LogP contribution in [0.15, 0.2) is 0 Å². The SMILES string of the molecule is [B]CC(C)(C)OC(=O)NC(C)(C)CC. The minimum Gasteiger partial charge on any atom is -0.444 e. The van der Waals surface area contributed by atoms with Crippen molar-refractivity contribution in [3.05, 3.63) is 0 Å². The smallest absolute Gasteiger partial charge is 0.408 e. The Morgan fingerprint density at radius 3 is 2.21 bits per heavy atom.